The first-order chi connectivity index (χ1) is 5.04. The van der Waals surface area contributed by atoms with E-state index < -0.39 is 0 Å². The molecule has 0 aliphatic carbocycles. The number of hydrogen-bond acceptors (Lipinski definition) is 2. The van der Waals surface area contributed by atoms with E-state index in [1.807, 2.05) is 36.2 Å². The Kier molecular flexibility index (Phi) is 2.25. The van der Waals surface area contributed by atoms with E-state index in [0.717, 1.165) is 15.1 Å². The van der Waals surface area contributed by atoms with Gasteiger partial charge in [-0.1, -0.05) is 12.2 Å². The molecule has 1 aromatic rings. The molecule has 0 radical (unpaired) electrons. The quantitative estimate of drug-likeness (QED) is 0.574. The molecule has 0 aliphatic heterocycles. The fourth-order valence-corrected chi connectivity index (χ4v) is 1.40. The van der Waals surface area contributed by atoms with Crippen LogP contribution in [0.1, 0.15) is 5.69 Å². The molecule has 0 amide bonds. The summed E-state index contributed by atoms with van der Waals surface area (Å²) in [6, 6.07) is 1.94. The Hall–Kier alpha value is -0.480. The average molecular weight is 186 g/mol. The number of aryl methyl sites for hydroxylation is 1. The zero-order valence-corrected chi connectivity index (χ0v) is 8.42. The molecule has 0 N–H and O–H groups in total. The largest absolute Gasteiger partial charge is 0.326 e. The van der Waals surface area contributed by atoms with Gasteiger partial charge in [-0.05, 0) is 25.2 Å². The van der Waals surface area contributed by atoms with Crippen molar-refractivity contribution in [3.8, 4) is 0 Å². The van der Waals surface area contributed by atoms with E-state index in [0.29, 0.717) is 0 Å². The summed E-state index contributed by atoms with van der Waals surface area (Å²) in [7, 11) is 3.82. The van der Waals surface area contributed by atoms with E-state index in [9.17, 15) is 0 Å². The summed E-state index contributed by atoms with van der Waals surface area (Å²) in [6.45, 7) is 1.99. The molecule has 11 heavy (non-hydrogen) atoms. The first kappa shape index (κ1) is 8.62. The van der Waals surface area contributed by atoms with E-state index in [-0.39, 0.29) is 0 Å². The summed E-state index contributed by atoms with van der Waals surface area (Å²) < 4.78 is 5.30. The van der Waals surface area contributed by atoms with Crippen molar-refractivity contribution in [3.63, 3.8) is 0 Å². The Morgan fingerprint density at radius 3 is 2.27 bits per heavy atom. The lowest BCUT2D eigenvalue weighted by atomic mass is 10.4. The minimum Gasteiger partial charge on any atom is -0.326 e. The summed E-state index contributed by atoms with van der Waals surface area (Å²) in [5, 5.41) is 0. The predicted octanol–water partition coefficient (Wildman–Crippen LogP) is 2.13. The number of hydrogen-bond donors (Lipinski definition) is 0. The van der Waals surface area contributed by atoms with Gasteiger partial charge >= 0.3 is 0 Å². The first-order valence-corrected chi connectivity index (χ1v) is 4.09. The molecule has 0 fully saturated rings. The molecule has 60 valence electrons. The Bertz CT molecular complexity index is 386. The minimum atomic E-state index is 0.759. The Labute approximate surface area is 76.1 Å². The highest BCUT2D eigenvalue weighted by Crippen LogP contribution is 1.99. The van der Waals surface area contributed by atoms with Crippen LogP contribution in [0.2, 0.25) is 0 Å². The van der Waals surface area contributed by atoms with Crippen LogP contribution in [0.3, 0.4) is 0 Å². The van der Waals surface area contributed by atoms with Crippen LogP contribution in [0.15, 0.2) is 6.07 Å². The van der Waals surface area contributed by atoms with Gasteiger partial charge in [0.25, 0.3) is 0 Å². The van der Waals surface area contributed by atoms with Gasteiger partial charge in [0.1, 0.15) is 4.64 Å². The summed E-state index contributed by atoms with van der Waals surface area (Å²) in [5.41, 5.74) is 1.10. The standard InChI is InChI=1S/C7H10N2S2/c1-5-4-6(10)9(3)7(11)8(5)2/h4H,1-3H3. The van der Waals surface area contributed by atoms with Crippen LogP contribution in [0.4, 0.5) is 0 Å². The summed E-state index contributed by atoms with van der Waals surface area (Å²) in [4.78, 5) is 0. The SMILES string of the molecule is Cc1cc(=S)n(C)c(=S)n1C. The third kappa shape index (κ3) is 1.41. The Morgan fingerprint density at radius 2 is 1.73 bits per heavy atom. The molecule has 0 saturated heterocycles. The van der Waals surface area contributed by atoms with Gasteiger partial charge in [0.2, 0.25) is 0 Å². The monoisotopic (exact) mass is 186 g/mol. The van der Waals surface area contributed by atoms with Crippen molar-refractivity contribution in [2.75, 3.05) is 0 Å². The van der Waals surface area contributed by atoms with Crippen molar-refractivity contribution in [1.29, 1.82) is 0 Å². The predicted molar refractivity (Wildman–Crippen MR) is 50.8 cm³/mol. The van der Waals surface area contributed by atoms with Crippen LogP contribution in [0.25, 0.3) is 0 Å². The van der Waals surface area contributed by atoms with Gasteiger partial charge in [-0.2, -0.15) is 0 Å². The van der Waals surface area contributed by atoms with Gasteiger partial charge in [-0.15, -0.1) is 0 Å². The van der Waals surface area contributed by atoms with Gasteiger partial charge in [0, 0.05) is 19.8 Å². The molecule has 0 atom stereocenters. The molecule has 1 heterocycles. The van der Waals surface area contributed by atoms with Crippen LogP contribution >= 0.6 is 24.4 Å². The normalized spacial score (nSPS) is 10.1. The average Bonchev–Trinajstić information content (AvgIpc) is 1.97. The Balaban J connectivity index is 3.74. The van der Waals surface area contributed by atoms with Crippen molar-refractivity contribution in [1.82, 2.24) is 9.13 Å². The molecule has 0 aliphatic rings. The fraction of sp³-hybridized carbons (Fsp3) is 0.429. The van der Waals surface area contributed by atoms with Crippen LogP contribution in [0, 0.1) is 16.3 Å². The van der Waals surface area contributed by atoms with E-state index in [4.69, 9.17) is 24.4 Å². The molecule has 4 heteroatoms. The maximum atomic E-state index is 5.13. The van der Waals surface area contributed by atoms with Gasteiger partial charge < -0.3 is 9.13 Å². The number of aromatic nitrogens is 2. The van der Waals surface area contributed by atoms with Gasteiger partial charge in [-0.25, -0.2) is 0 Å². The van der Waals surface area contributed by atoms with Gasteiger partial charge in [-0.3, -0.25) is 0 Å². The minimum absolute atomic E-state index is 0.759. The molecular weight excluding hydrogens is 176 g/mol. The third-order valence-electron chi connectivity index (χ3n) is 1.77. The van der Waals surface area contributed by atoms with Crippen LogP contribution in [-0.4, -0.2) is 9.13 Å². The van der Waals surface area contributed by atoms with Crippen molar-refractivity contribution in [3.05, 3.63) is 21.2 Å². The van der Waals surface area contributed by atoms with Crippen molar-refractivity contribution in [2.24, 2.45) is 14.1 Å². The van der Waals surface area contributed by atoms with Crippen LogP contribution in [0.5, 0.6) is 0 Å². The van der Waals surface area contributed by atoms with E-state index in [1.54, 1.807) is 0 Å². The second kappa shape index (κ2) is 2.87. The fourth-order valence-electron chi connectivity index (χ4n) is 0.842. The first-order valence-electron chi connectivity index (χ1n) is 3.27. The maximum absolute atomic E-state index is 5.13. The van der Waals surface area contributed by atoms with E-state index in [1.165, 1.54) is 0 Å². The zero-order valence-electron chi connectivity index (χ0n) is 6.79. The molecule has 1 rings (SSSR count). The lowest BCUT2D eigenvalue weighted by Gasteiger charge is -2.07. The molecule has 1 aromatic heterocycles. The van der Waals surface area contributed by atoms with E-state index >= 15 is 0 Å². The second-order valence-electron chi connectivity index (χ2n) is 2.52. The van der Waals surface area contributed by atoms with Crippen LogP contribution in [-0.2, 0) is 14.1 Å². The summed E-state index contributed by atoms with van der Waals surface area (Å²) in [5.74, 6) is 0. The van der Waals surface area contributed by atoms with Crippen molar-refractivity contribution >= 4 is 24.4 Å². The second-order valence-corrected chi connectivity index (χ2v) is 3.31. The zero-order chi connectivity index (χ0) is 8.59. The maximum Gasteiger partial charge on any atom is 0.180 e. The smallest absolute Gasteiger partial charge is 0.180 e. The summed E-state index contributed by atoms with van der Waals surface area (Å²) >= 11 is 10.2. The highest BCUT2D eigenvalue weighted by molar-refractivity contribution is 7.72. The molecule has 0 bridgehead atoms. The highest BCUT2D eigenvalue weighted by atomic mass is 32.1. The number of rotatable bonds is 0. The topological polar surface area (TPSA) is 9.86 Å². The molecule has 0 spiro atoms. The van der Waals surface area contributed by atoms with Crippen LogP contribution < -0.4 is 0 Å². The lowest BCUT2D eigenvalue weighted by molar-refractivity contribution is 0.710. The molecule has 0 saturated carbocycles. The van der Waals surface area contributed by atoms with Gasteiger partial charge in [0.05, 0.1) is 0 Å². The third-order valence-corrected chi connectivity index (χ3v) is 2.71. The molecule has 0 unspecified atom stereocenters. The molecule has 0 aromatic carbocycles. The van der Waals surface area contributed by atoms with E-state index in [2.05, 4.69) is 0 Å². The van der Waals surface area contributed by atoms with Gasteiger partial charge in [0.15, 0.2) is 4.77 Å². The Morgan fingerprint density at radius 1 is 1.18 bits per heavy atom. The molecule has 2 nitrogen and oxygen atoms in total. The van der Waals surface area contributed by atoms with Crippen molar-refractivity contribution < 1.29 is 0 Å². The highest BCUT2D eigenvalue weighted by Gasteiger charge is 1.94. The number of nitrogens with zero attached hydrogens (tertiary/aromatic N) is 2. The lowest BCUT2D eigenvalue weighted by Crippen LogP contribution is -2.06. The summed E-state index contributed by atoms with van der Waals surface area (Å²) in [6.07, 6.45) is 0. The molecular formula is C7H10N2S2. The van der Waals surface area contributed by atoms with Crippen molar-refractivity contribution in [2.45, 2.75) is 6.92 Å².